The molecule has 1 atom stereocenters. The van der Waals surface area contributed by atoms with Crippen LogP contribution in [0.25, 0.3) is 0 Å². The number of rotatable bonds is 2. The first kappa shape index (κ1) is 14.8. The van der Waals surface area contributed by atoms with Crippen molar-refractivity contribution < 1.29 is 4.79 Å². The molecule has 0 aliphatic carbocycles. The number of amides is 1. The number of aromatic nitrogens is 1. The number of carbonyl (C=O) groups excluding carboxylic acids is 1. The Morgan fingerprint density at radius 2 is 2.10 bits per heavy atom. The molecule has 1 unspecified atom stereocenters. The van der Waals surface area contributed by atoms with Gasteiger partial charge in [-0.3, -0.25) is 4.79 Å². The lowest BCUT2D eigenvalue weighted by Crippen LogP contribution is -2.52. The molecular weight excluding hydrogens is 252 g/mol. The van der Waals surface area contributed by atoms with E-state index in [4.69, 9.17) is 5.73 Å². The van der Waals surface area contributed by atoms with Gasteiger partial charge in [-0.2, -0.15) is 0 Å². The summed E-state index contributed by atoms with van der Waals surface area (Å²) in [5.74, 6) is 0.735. The average Bonchev–Trinajstić information content (AvgIpc) is 2.40. The van der Waals surface area contributed by atoms with Crippen molar-refractivity contribution in [2.45, 2.75) is 32.7 Å². The van der Waals surface area contributed by atoms with Crippen LogP contribution in [0.15, 0.2) is 12.1 Å². The van der Waals surface area contributed by atoms with E-state index in [2.05, 4.69) is 23.9 Å². The molecule has 1 aliphatic heterocycles. The maximum Gasteiger partial charge on any atom is 0.254 e. The molecule has 2 heterocycles. The summed E-state index contributed by atoms with van der Waals surface area (Å²) < 4.78 is 0. The Balaban J connectivity index is 2.21. The van der Waals surface area contributed by atoms with Crippen molar-refractivity contribution >= 4 is 11.7 Å². The minimum atomic E-state index is 0.0564. The first-order valence-electron chi connectivity index (χ1n) is 7.15. The number of nitrogens with zero attached hydrogens (tertiary/aromatic N) is 3. The van der Waals surface area contributed by atoms with Crippen molar-refractivity contribution in [3.05, 3.63) is 23.4 Å². The third-order valence-electron chi connectivity index (χ3n) is 3.95. The Kier molecular flexibility index (Phi) is 4.28. The standard InChI is InChI=1S/C15H24N4O/c1-10(2)13-7-12(8-14(16)17-13)15(20)19-6-5-18(4)11(3)9-19/h7-8,10-11H,5-6,9H2,1-4H3,(H2,16,17). The van der Waals surface area contributed by atoms with Gasteiger partial charge in [0.15, 0.2) is 0 Å². The first-order chi connectivity index (χ1) is 9.38. The average molecular weight is 276 g/mol. The Morgan fingerprint density at radius 1 is 1.40 bits per heavy atom. The highest BCUT2D eigenvalue weighted by molar-refractivity contribution is 5.95. The molecule has 5 nitrogen and oxygen atoms in total. The molecule has 1 saturated heterocycles. The van der Waals surface area contributed by atoms with E-state index in [0.29, 0.717) is 17.4 Å². The number of carbonyl (C=O) groups is 1. The van der Waals surface area contributed by atoms with Crippen LogP contribution in [0.1, 0.15) is 42.7 Å². The monoisotopic (exact) mass is 276 g/mol. The van der Waals surface area contributed by atoms with Gasteiger partial charge in [0.1, 0.15) is 5.82 Å². The fourth-order valence-electron chi connectivity index (χ4n) is 2.41. The molecule has 0 spiro atoms. The van der Waals surface area contributed by atoms with Crippen molar-refractivity contribution in [3.8, 4) is 0 Å². The Morgan fingerprint density at radius 3 is 2.70 bits per heavy atom. The van der Waals surface area contributed by atoms with E-state index >= 15 is 0 Å². The van der Waals surface area contributed by atoms with Gasteiger partial charge in [-0.1, -0.05) is 13.8 Å². The van der Waals surface area contributed by atoms with E-state index in [9.17, 15) is 4.79 Å². The van der Waals surface area contributed by atoms with Crippen LogP contribution in [0, 0.1) is 0 Å². The quantitative estimate of drug-likeness (QED) is 0.890. The number of nitrogen functional groups attached to an aromatic ring is 1. The van der Waals surface area contributed by atoms with Crippen LogP contribution in [0.4, 0.5) is 5.82 Å². The molecule has 0 bridgehead atoms. The summed E-state index contributed by atoms with van der Waals surface area (Å²) in [6.45, 7) is 8.67. The molecule has 1 fully saturated rings. The summed E-state index contributed by atoms with van der Waals surface area (Å²) in [4.78, 5) is 21.1. The second-order valence-corrected chi connectivity index (χ2v) is 5.94. The van der Waals surface area contributed by atoms with Crippen molar-refractivity contribution in [3.63, 3.8) is 0 Å². The van der Waals surface area contributed by atoms with Crippen LogP contribution >= 0.6 is 0 Å². The number of hydrogen-bond acceptors (Lipinski definition) is 4. The van der Waals surface area contributed by atoms with Crippen LogP contribution < -0.4 is 5.73 Å². The van der Waals surface area contributed by atoms with E-state index < -0.39 is 0 Å². The molecule has 110 valence electrons. The van der Waals surface area contributed by atoms with Crippen molar-refractivity contribution in [1.29, 1.82) is 0 Å². The van der Waals surface area contributed by atoms with Crippen LogP contribution in [-0.2, 0) is 0 Å². The normalized spacial score (nSPS) is 20.4. The zero-order valence-corrected chi connectivity index (χ0v) is 12.8. The fraction of sp³-hybridized carbons (Fsp3) is 0.600. The van der Waals surface area contributed by atoms with Crippen molar-refractivity contribution in [1.82, 2.24) is 14.8 Å². The summed E-state index contributed by atoms with van der Waals surface area (Å²) in [6.07, 6.45) is 0. The topological polar surface area (TPSA) is 62.5 Å². The van der Waals surface area contributed by atoms with E-state index in [1.807, 2.05) is 24.8 Å². The number of anilines is 1. The van der Waals surface area contributed by atoms with Crippen LogP contribution in [0.5, 0.6) is 0 Å². The third-order valence-corrected chi connectivity index (χ3v) is 3.95. The molecule has 0 aromatic carbocycles. The SMILES string of the molecule is CC(C)c1cc(C(=O)N2CCN(C)C(C)C2)cc(N)n1. The van der Waals surface area contributed by atoms with E-state index in [1.165, 1.54) is 0 Å². The third kappa shape index (κ3) is 3.10. The largest absolute Gasteiger partial charge is 0.384 e. The number of likely N-dealkylation sites (N-methyl/N-ethyl adjacent to an activating group) is 1. The van der Waals surface area contributed by atoms with Gasteiger partial charge in [0.05, 0.1) is 0 Å². The van der Waals surface area contributed by atoms with Crippen LogP contribution in [-0.4, -0.2) is 53.4 Å². The Bertz CT molecular complexity index is 501. The summed E-state index contributed by atoms with van der Waals surface area (Å²) in [6, 6.07) is 3.93. The lowest BCUT2D eigenvalue weighted by molar-refractivity contribution is 0.0572. The van der Waals surface area contributed by atoms with E-state index in [-0.39, 0.29) is 11.8 Å². The van der Waals surface area contributed by atoms with Gasteiger partial charge in [0, 0.05) is 36.9 Å². The lowest BCUT2D eigenvalue weighted by Gasteiger charge is -2.37. The molecule has 2 rings (SSSR count). The maximum absolute atomic E-state index is 12.6. The molecule has 1 aliphatic rings. The molecular formula is C15H24N4O. The molecule has 5 heteroatoms. The molecule has 0 radical (unpaired) electrons. The smallest absolute Gasteiger partial charge is 0.254 e. The molecule has 20 heavy (non-hydrogen) atoms. The maximum atomic E-state index is 12.6. The minimum absolute atomic E-state index is 0.0564. The minimum Gasteiger partial charge on any atom is -0.384 e. The van der Waals surface area contributed by atoms with Gasteiger partial charge in [-0.15, -0.1) is 0 Å². The highest BCUT2D eigenvalue weighted by Gasteiger charge is 2.25. The van der Waals surface area contributed by atoms with Gasteiger partial charge in [-0.25, -0.2) is 4.98 Å². The lowest BCUT2D eigenvalue weighted by atomic mass is 10.1. The van der Waals surface area contributed by atoms with Crippen LogP contribution in [0.2, 0.25) is 0 Å². The highest BCUT2D eigenvalue weighted by atomic mass is 16.2. The zero-order chi connectivity index (χ0) is 14.9. The predicted molar refractivity (Wildman–Crippen MR) is 80.7 cm³/mol. The molecule has 0 saturated carbocycles. The van der Waals surface area contributed by atoms with Gasteiger partial charge in [0.2, 0.25) is 0 Å². The summed E-state index contributed by atoms with van der Waals surface area (Å²) in [5, 5.41) is 0. The molecule has 1 aromatic rings. The second kappa shape index (κ2) is 5.79. The van der Waals surface area contributed by atoms with E-state index in [1.54, 1.807) is 6.07 Å². The van der Waals surface area contributed by atoms with Gasteiger partial charge in [0.25, 0.3) is 5.91 Å². The number of pyridine rings is 1. The molecule has 1 amide bonds. The van der Waals surface area contributed by atoms with E-state index in [0.717, 1.165) is 25.3 Å². The van der Waals surface area contributed by atoms with Crippen molar-refractivity contribution in [2.75, 3.05) is 32.4 Å². The van der Waals surface area contributed by atoms with Crippen molar-refractivity contribution in [2.24, 2.45) is 0 Å². The summed E-state index contributed by atoms with van der Waals surface area (Å²) in [7, 11) is 2.09. The zero-order valence-electron chi connectivity index (χ0n) is 12.8. The van der Waals surface area contributed by atoms with Gasteiger partial charge >= 0.3 is 0 Å². The highest BCUT2D eigenvalue weighted by Crippen LogP contribution is 2.18. The second-order valence-electron chi connectivity index (χ2n) is 5.94. The Labute approximate surface area is 120 Å². The fourth-order valence-corrected chi connectivity index (χ4v) is 2.41. The summed E-state index contributed by atoms with van der Waals surface area (Å²) >= 11 is 0. The van der Waals surface area contributed by atoms with Crippen LogP contribution in [0.3, 0.4) is 0 Å². The summed E-state index contributed by atoms with van der Waals surface area (Å²) in [5.41, 5.74) is 7.35. The number of piperazine rings is 1. The molecule has 1 aromatic heterocycles. The number of nitrogens with two attached hydrogens (primary N) is 1. The van der Waals surface area contributed by atoms with Gasteiger partial charge in [-0.05, 0) is 32.0 Å². The molecule has 2 N–H and O–H groups in total. The first-order valence-corrected chi connectivity index (χ1v) is 7.15. The Hall–Kier alpha value is -1.62. The number of hydrogen-bond donors (Lipinski definition) is 1. The predicted octanol–water partition coefficient (Wildman–Crippen LogP) is 1.56. The van der Waals surface area contributed by atoms with Gasteiger partial charge < -0.3 is 15.5 Å².